The number of hydrogen-bond acceptors (Lipinski definition) is 4. The Bertz CT molecular complexity index is 911. The highest BCUT2D eigenvalue weighted by Gasteiger charge is 2.15. The first kappa shape index (κ1) is 24.5. The zero-order valence-electron chi connectivity index (χ0n) is 16.7. The fourth-order valence-corrected chi connectivity index (χ4v) is 4.56. The molecule has 0 bridgehead atoms. The highest BCUT2D eigenvalue weighted by atomic mass is 35.5. The van der Waals surface area contributed by atoms with E-state index < -0.39 is 0 Å². The minimum atomic E-state index is 0. The van der Waals surface area contributed by atoms with Crippen LogP contribution in [0.2, 0.25) is 0 Å². The summed E-state index contributed by atoms with van der Waals surface area (Å²) in [5.41, 5.74) is 3.79. The van der Waals surface area contributed by atoms with Gasteiger partial charge in [0.1, 0.15) is 0 Å². The van der Waals surface area contributed by atoms with Crippen LogP contribution in [0, 0.1) is 5.92 Å². The minimum absolute atomic E-state index is 0. The number of carbonyl (C=O) groups is 1. The molecule has 0 radical (unpaired) electrons. The Morgan fingerprint density at radius 3 is 2.73 bits per heavy atom. The van der Waals surface area contributed by atoms with Gasteiger partial charge in [0.05, 0.1) is 11.0 Å². The molecule has 1 saturated heterocycles. The number of piperidine rings is 1. The molecular weight excluding hydrogens is 439 g/mol. The molecule has 2 aromatic carbocycles. The predicted molar refractivity (Wildman–Crippen MR) is 129 cm³/mol. The summed E-state index contributed by atoms with van der Waals surface area (Å²) in [6.07, 6.45) is 3.53. The van der Waals surface area contributed by atoms with E-state index in [4.69, 9.17) is 0 Å². The predicted octanol–water partition coefficient (Wildman–Crippen LogP) is 4.82. The number of carbonyl (C=O) groups excluding carboxylic acids is 1. The van der Waals surface area contributed by atoms with Crippen LogP contribution in [0.1, 0.15) is 35.2 Å². The lowest BCUT2D eigenvalue weighted by Crippen LogP contribution is -2.33. The van der Waals surface area contributed by atoms with Crippen molar-refractivity contribution in [3.05, 3.63) is 59.7 Å². The molecule has 0 spiro atoms. The average molecular weight is 467 g/mol. The highest BCUT2D eigenvalue weighted by Crippen LogP contribution is 2.24. The van der Waals surface area contributed by atoms with Gasteiger partial charge in [0.15, 0.2) is 5.16 Å². The van der Waals surface area contributed by atoms with E-state index in [2.05, 4.69) is 20.6 Å². The van der Waals surface area contributed by atoms with Crippen molar-refractivity contribution < 1.29 is 4.79 Å². The summed E-state index contributed by atoms with van der Waals surface area (Å²) in [7, 11) is 0. The van der Waals surface area contributed by atoms with Crippen LogP contribution in [-0.2, 0) is 5.75 Å². The second-order valence-electron chi connectivity index (χ2n) is 7.26. The molecule has 1 unspecified atom stereocenters. The van der Waals surface area contributed by atoms with Crippen molar-refractivity contribution in [3.8, 4) is 0 Å². The molecule has 2 heterocycles. The summed E-state index contributed by atoms with van der Waals surface area (Å²) in [4.78, 5) is 20.6. The molecule has 8 heteroatoms. The molecule has 0 aliphatic carbocycles. The first-order chi connectivity index (χ1) is 13.8. The lowest BCUT2D eigenvalue weighted by Gasteiger charge is -2.22. The molecule has 162 valence electrons. The van der Waals surface area contributed by atoms with Crippen LogP contribution in [0.25, 0.3) is 11.0 Å². The van der Waals surface area contributed by atoms with E-state index in [1.165, 1.54) is 12.8 Å². The van der Waals surface area contributed by atoms with Crippen LogP contribution < -0.4 is 10.6 Å². The van der Waals surface area contributed by atoms with Crippen LogP contribution in [0.5, 0.6) is 0 Å². The Morgan fingerprint density at radius 1 is 1.13 bits per heavy atom. The van der Waals surface area contributed by atoms with Gasteiger partial charge in [-0.15, -0.1) is 24.8 Å². The number of thioether (sulfide) groups is 1. The Morgan fingerprint density at radius 2 is 1.93 bits per heavy atom. The Labute approximate surface area is 194 Å². The lowest BCUT2D eigenvalue weighted by molar-refractivity contribution is 0.0950. The molecule has 0 saturated carbocycles. The second-order valence-corrected chi connectivity index (χ2v) is 8.23. The van der Waals surface area contributed by atoms with Crippen molar-refractivity contribution in [2.24, 2.45) is 5.92 Å². The number of H-pyrrole nitrogens is 1. The molecule has 30 heavy (non-hydrogen) atoms. The topological polar surface area (TPSA) is 69.8 Å². The number of halogens is 2. The van der Waals surface area contributed by atoms with Gasteiger partial charge in [-0.1, -0.05) is 42.1 Å². The number of benzene rings is 2. The van der Waals surface area contributed by atoms with Gasteiger partial charge in [0.25, 0.3) is 5.91 Å². The summed E-state index contributed by atoms with van der Waals surface area (Å²) >= 11 is 1.62. The Hall–Kier alpha value is -1.73. The molecular formula is C22H28Cl2N4OS. The first-order valence-corrected chi connectivity index (χ1v) is 10.9. The van der Waals surface area contributed by atoms with Gasteiger partial charge in [-0.3, -0.25) is 4.79 Å². The zero-order valence-corrected chi connectivity index (χ0v) is 19.2. The van der Waals surface area contributed by atoms with Crippen LogP contribution in [0.3, 0.4) is 0 Å². The fourth-order valence-electron chi connectivity index (χ4n) is 3.67. The summed E-state index contributed by atoms with van der Waals surface area (Å²) in [5, 5.41) is 7.41. The molecule has 3 N–H and O–H groups in total. The maximum Gasteiger partial charge on any atom is 0.251 e. The fraction of sp³-hybridized carbons (Fsp3) is 0.364. The zero-order chi connectivity index (χ0) is 19.2. The van der Waals surface area contributed by atoms with E-state index in [1.807, 2.05) is 48.5 Å². The van der Waals surface area contributed by atoms with Crippen LogP contribution >= 0.6 is 36.6 Å². The standard InChI is InChI=1S/C22H26N4OS.2ClH/c27-21(24-13-11-16-6-5-12-23-14-16)18-8-2-1-7-17(18)15-28-22-25-19-9-3-4-10-20(19)26-22;;/h1-4,7-10,16,23H,5-6,11-15H2,(H,24,27)(H,25,26);2*1H. The van der Waals surface area contributed by atoms with Gasteiger partial charge in [0, 0.05) is 17.9 Å². The van der Waals surface area contributed by atoms with Crippen molar-refractivity contribution in [3.63, 3.8) is 0 Å². The number of para-hydroxylation sites is 2. The van der Waals surface area contributed by atoms with E-state index in [0.29, 0.717) is 11.7 Å². The molecule has 1 aliphatic rings. The van der Waals surface area contributed by atoms with Crippen molar-refractivity contribution in [2.75, 3.05) is 19.6 Å². The first-order valence-electron chi connectivity index (χ1n) is 9.94. The number of aromatic nitrogens is 2. The number of rotatable bonds is 7. The van der Waals surface area contributed by atoms with E-state index in [1.54, 1.807) is 11.8 Å². The number of aromatic amines is 1. The summed E-state index contributed by atoms with van der Waals surface area (Å²) in [6, 6.07) is 15.9. The Balaban J connectivity index is 0.00000160. The number of hydrogen-bond donors (Lipinski definition) is 3. The van der Waals surface area contributed by atoms with E-state index in [9.17, 15) is 4.79 Å². The van der Waals surface area contributed by atoms with Gasteiger partial charge < -0.3 is 15.6 Å². The third-order valence-corrected chi connectivity index (χ3v) is 6.15. The van der Waals surface area contributed by atoms with Gasteiger partial charge in [-0.05, 0) is 62.0 Å². The van der Waals surface area contributed by atoms with Crippen LogP contribution in [0.15, 0.2) is 53.7 Å². The Kier molecular flexibility index (Phi) is 9.98. The number of fused-ring (bicyclic) bond motifs is 1. The third-order valence-electron chi connectivity index (χ3n) is 5.23. The molecule has 5 nitrogen and oxygen atoms in total. The maximum absolute atomic E-state index is 12.7. The quantitative estimate of drug-likeness (QED) is 0.436. The highest BCUT2D eigenvalue weighted by molar-refractivity contribution is 7.98. The number of amides is 1. The summed E-state index contributed by atoms with van der Waals surface area (Å²) < 4.78 is 0. The SMILES string of the molecule is Cl.Cl.O=C(NCCC1CCCNC1)c1ccccc1CSc1nc2ccccc2[nH]1. The number of nitrogens with one attached hydrogen (secondary N) is 3. The van der Waals surface area contributed by atoms with Crippen molar-refractivity contribution in [1.82, 2.24) is 20.6 Å². The largest absolute Gasteiger partial charge is 0.352 e. The van der Waals surface area contributed by atoms with Crippen LogP contribution in [0.4, 0.5) is 0 Å². The minimum Gasteiger partial charge on any atom is -0.352 e. The molecule has 3 aromatic rings. The van der Waals surface area contributed by atoms with Crippen molar-refractivity contribution in [2.45, 2.75) is 30.2 Å². The van der Waals surface area contributed by atoms with Crippen molar-refractivity contribution >= 4 is 53.5 Å². The molecule has 1 amide bonds. The summed E-state index contributed by atoms with van der Waals surface area (Å²) in [5.74, 6) is 1.40. The van der Waals surface area contributed by atoms with Crippen LogP contribution in [-0.4, -0.2) is 35.5 Å². The molecule has 4 rings (SSSR count). The van der Waals surface area contributed by atoms with Gasteiger partial charge in [-0.2, -0.15) is 0 Å². The van der Waals surface area contributed by atoms with Gasteiger partial charge in [0.2, 0.25) is 0 Å². The second kappa shape index (κ2) is 12.2. The third kappa shape index (κ3) is 6.38. The lowest BCUT2D eigenvalue weighted by atomic mass is 9.96. The average Bonchev–Trinajstić information content (AvgIpc) is 3.16. The summed E-state index contributed by atoms with van der Waals surface area (Å²) in [6.45, 7) is 2.93. The van der Waals surface area contributed by atoms with E-state index >= 15 is 0 Å². The number of imidazole rings is 1. The monoisotopic (exact) mass is 466 g/mol. The maximum atomic E-state index is 12.7. The molecule has 1 aromatic heterocycles. The molecule has 1 aliphatic heterocycles. The van der Waals surface area contributed by atoms with Gasteiger partial charge >= 0.3 is 0 Å². The smallest absolute Gasteiger partial charge is 0.251 e. The van der Waals surface area contributed by atoms with E-state index in [0.717, 1.165) is 53.4 Å². The normalized spacial score (nSPS) is 15.8. The molecule has 1 atom stereocenters. The van der Waals surface area contributed by atoms with E-state index in [-0.39, 0.29) is 30.7 Å². The molecule has 1 fully saturated rings. The number of nitrogens with zero attached hydrogens (tertiary/aromatic N) is 1. The van der Waals surface area contributed by atoms with Gasteiger partial charge in [-0.25, -0.2) is 4.98 Å². The van der Waals surface area contributed by atoms with Crippen molar-refractivity contribution in [1.29, 1.82) is 0 Å².